The number of ether oxygens (including phenoxy) is 1. The van der Waals surface area contributed by atoms with Gasteiger partial charge in [-0.3, -0.25) is 0 Å². The molecule has 3 heterocycles. The first-order chi connectivity index (χ1) is 8.33. The van der Waals surface area contributed by atoms with Crippen molar-refractivity contribution < 1.29 is 9.84 Å². The lowest BCUT2D eigenvalue weighted by atomic mass is 9.96. The summed E-state index contributed by atoms with van der Waals surface area (Å²) in [6.45, 7) is 1.72. The van der Waals surface area contributed by atoms with Crippen LogP contribution in [0.2, 0.25) is 0 Å². The molecule has 1 fully saturated rings. The van der Waals surface area contributed by atoms with E-state index in [0.717, 1.165) is 43.8 Å². The minimum Gasteiger partial charge on any atom is -0.506 e. The lowest BCUT2D eigenvalue weighted by Gasteiger charge is -2.21. The third kappa shape index (κ3) is 2.13. The van der Waals surface area contributed by atoms with Crippen molar-refractivity contribution in [1.82, 2.24) is 9.38 Å². The fourth-order valence-corrected chi connectivity index (χ4v) is 2.39. The van der Waals surface area contributed by atoms with Crippen molar-refractivity contribution in [2.75, 3.05) is 13.2 Å². The van der Waals surface area contributed by atoms with Gasteiger partial charge in [0, 0.05) is 19.6 Å². The van der Waals surface area contributed by atoms with Gasteiger partial charge in [0.15, 0.2) is 0 Å². The molecular weight excluding hydrogens is 216 g/mol. The molecule has 0 amide bonds. The van der Waals surface area contributed by atoms with Gasteiger partial charge < -0.3 is 14.2 Å². The molecule has 1 aliphatic heterocycles. The summed E-state index contributed by atoms with van der Waals surface area (Å²) in [7, 11) is 0. The largest absolute Gasteiger partial charge is 0.506 e. The maximum absolute atomic E-state index is 9.51. The summed E-state index contributed by atoms with van der Waals surface area (Å²) < 4.78 is 7.34. The Labute approximate surface area is 99.9 Å². The van der Waals surface area contributed by atoms with Crippen LogP contribution in [0.5, 0.6) is 5.75 Å². The zero-order valence-electron chi connectivity index (χ0n) is 9.67. The molecule has 3 rings (SSSR count). The summed E-state index contributed by atoms with van der Waals surface area (Å²) in [5, 5.41) is 9.51. The van der Waals surface area contributed by atoms with Crippen LogP contribution in [-0.2, 0) is 11.2 Å². The van der Waals surface area contributed by atoms with E-state index in [4.69, 9.17) is 4.74 Å². The molecule has 0 aliphatic carbocycles. The summed E-state index contributed by atoms with van der Waals surface area (Å²) in [6.07, 6.45) is 6.76. The molecule has 4 heteroatoms. The minimum absolute atomic E-state index is 0.281. The highest BCUT2D eigenvalue weighted by atomic mass is 16.5. The molecule has 4 nitrogen and oxygen atoms in total. The second-order valence-electron chi connectivity index (χ2n) is 4.62. The number of imidazole rings is 1. The zero-order chi connectivity index (χ0) is 11.7. The van der Waals surface area contributed by atoms with E-state index in [9.17, 15) is 5.11 Å². The Morgan fingerprint density at radius 3 is 3.00 bits per heavy atom. The van der Waals surface area contributed by atoms with Gasteiger partial charge in [-0.05, 0) is 30.9 Å². The fraction of sp³-hybridized carbons (Fsp3) is 0.462. The van der Waals surface area contributed by atoms with E-state index < -0.39 is 0 Å². The highest BCUT2D eigenvalue weighted by Crippen LogP contribution is 2.21. The molecule has 0 atom stereocenters. The molecule has 1 aliphatic rings. The predicted molar refractivity (Wildman–Crippen MR) is 64.1 cm³/mol. The Morgan fingerprint density at radius 2 is 2.18 bits per heavy atom. The molecule has 2 aromatic heterocycles. The maximum Gasteiger partial charge on any atom is 0.132 e. The summed E-state index contributed by atoms with van der Waals surface area (Å²) in [6, 6.07) is 3.57. The van der Waals surface area contributed by atoms with Crippen LogP contribution in [0, 0.1) is 5.92 Å². The van der Waals surface area contributed by atoms with Gasteiger partial charge in [-0.25, -0.2) is 4.98 Å². The molecule has 1 saturated heterocycles. The Morgan fingerprint density at radius 1 is 1.35 bits per heavy atom. The van der Waals surface area contributed by atoms with Gasteiger partial charge in [0.1, 0.15) is 11.6 Å². The number of hydrogen-bond donors (Lipinski definition) is 1. The monoisotopic (exact) mass is 232 g/mol. The normalized spacial score (nSPS) is 17.6. The number of rotatable bonds is 2. The standard InChI is InChI=1S/C13H16N2O2/c16-12-2-1-11-8-14-13(15(11)9-12)7-10-3-5-17-6-4-10/h1-2,8-10,16H,3-7H2. The van der Waals surface area contributed by atoms with E-state index >= 15 is 0 Å². The molecule has 0 bridgehead atoms. The minimum atomic E-state index is 0.281. The lowest BCUT2D eigenvalue weighted by Crippen LogP contribution is -2.18. The summed E-state index contributed by atoms with van der Waals surface area (Å²) in [5.41, 5.74) is 1.03. The third-order valence-corrected chi connectivity index (χ3v) is 3.40. The van der Waals surface area contributed by atoms with Crippen LogP contribution in [0.3, 0.4) is 0 Å². The third-order valence-electron chi connectivity index (χ3n) is 3.40. The van der Waals surface area contributed by atoms with E-state index in [1.54, 1.807) is 12.3 Å². The van der Waals surface area contributed by atoms with Crippen molar-refractivity contribution in [2.45, 2.75) is 19.3 Å². The van der Waals surface area contributed by atoms with Crippen LogP contribution in [0.15, 0.2) is 24.5 Å². The highest BCUT2D eigenvalue weighted by Gasteiger charge is 2.16. The average molecular weight is 232 g/mol. The first kappa shape index (κ1) is 10.6. The van der Waals surface area contributed by atoms with Crippen molar-refractivity contribution in [3.8, 4) is 5.75 Å². The van der Waals surface area contributed by atoms with Crippen LogP contribution in [0.25, 0.3) is 5.52 Å². The Kier molecular flexibility index (Phi) is 2.73. The molecule has 0 unspecified atom stereocenters. The van der Waals surface area contributed by atoms with Gasteiger partial charge in [-0.15, -0.1) is 0 Å². The van der Waals surface area contributed by atoms with Gasteiger partial charge in [-0.1, -0.05) is 0 Å². The predicted octanol–water partition coefficient (Wildman–Crippen LogP) is 2.01. The van der Waals surface area contributed by atoms with Gasteiger partial charge in [0.25, 0.3) is 0 Å². The van der Waals surface area contributed by atoms with Gasteiger partial charge in [0.2, 0.25) is 0 Å². The van der Waals surface area contributed by atoms with Crippen molar-refractivity contribution in [3.05, 3.63) is 30.4 Å². The molecule has 0 radical (unpaired) electrons. The van der Waals surface area contributed by atoms with E-state index in [1.165, 1.54) is 0 Å². The molecular formula is C13H16N2O2. The van der Waals surface area contributed by atoms with Gasteiger partial charge >= 0.3 is 0 Å². The molecule has 17 heavy (non-hydrogen) atoms. The van der Waals surface area contributed by atoms with Crippen molar-refractivity contribution in [1.29, 1.82) is 0 Å². The maximum atomic E-state index is 9.51. The molecule has 1 N–H and O–H groups in total. The van der Waals surface area contributed by atoms with Crippen LogP contribution >= 0.6 is 0 Å². The van der Waals surface area contributed by atoms with Gasteiger partial charge in [0.05, 0.1) is 17.9 Å². The highest BCUT2D eigenvalue weighted by molar-refractivity contribution is 5.48. The van der Waals surface area contributed by atoms with E-state index in [1.807, 2.05) is 16.7 Å². The first-order valence-electron chi connectivity index (χ1n) is 6.05. The second kappa shape index (κ2) is 4.37. The summed E-state index contributed by atoms with van der Waals surface area (Å²) in [4.78, 5) is 4.44. The van der Waals surface area contributed by atoms with Crippen LogP contribution < -0.4 is 0 Å². The Hall–Kier alpha value is -1.55. The van der Waals surface area contributed by atoms with Gasteiger partial charge in [-0.2, -0.15) is 0 Å². The molecule has 90 valence electrons. The average Bonchev–Trinajstić information content (AvgIpc) is 2.73. The quantitative estimate of drug-likeness (QED) is 0.861. The van der Waals surface area contributed by atoms with E-state index in [-0.39, 0.29) is 5.75 Å². The van der Waals surface area contributed by atoms with Crippen LogP contribution in [0.1, 0.15) is 18.7 Å². The Bertz CT molecular complexity index is 515. The number of hydrogen-bond acceptors (Lipinski definition) is 3. The molecule has 0 spiro atoms. The second-order valence-corrected chi connectivity index (χ2v) is 4.62. The summed E-state index contributed by atoms with van der Waals surface area (Å²) >= 11 is 0. The topological polar surface area (TPSA) is 46.8 Å². The first-order valence-corrected chi connectivity index (χ1v) is 6.05. The number of pyridine rings is 1. The number of nitrogens with zero attached hydrogens (tertiary/aromatic N) is 2. The smallest absolute Gasteiger partial charge is 0.132 e. The van der Waals surface area contributed by atoms with Crippen LogP contribution in [0.4, 0.5) is 0 Å². The Balaban J connectivity index is 1.86. The SMILES string of the molecule is Oc1ccc2cnc(CC3CCOCC3)n2c1. The molecule has 2 aromatic rings. The summed E-state index contributed by atoms with van der Waals surface area (Å²) in [5.74, 6) is 1.96. The van der Waals surface area contributed by atoms with E-state index in [2.05, 4.69) is 4.98 Å². The van der Waals surface area contributed by atoms with Crippen molar-refractivity contribution >= 4 is 5.52 Å². The van der Waals surface area contributed by atoms with E-state index in [0.29, 0.717) is 5.92 Å². The van der Waals surface area contributed by atoms with Crippen molar-refractivity contribution in [3.63, 3.8) is 0 Å². The number of aromatic nitrogens is 2. The number of fused-ring (bicyclic) bond motifs is 1. The van der Waals surface area contributed by atoms with Crippen molar-refractivity contribution in [2.24, 2.45) is 5.92 Å². The number of aromatic hydroxyl groups is 1. The fourth-order valence-electron chi connectivity index (χ4n) is 2.39. The molecule has 0 aromatic carbocycles. The zero-order valence-corrected chi connectivity index (χ0v) is 9.67. The van der Waals surface area contributed by atoms with Crippen LogP contribution in [-0.4, -0.2) is 27.7 Å². The molecule has 0 saturated carbocycles. The lowest BCUT2D eigenvalue weighted by molar-refractivity contribution is 0.0659.